The van der Waals surface area contributed by atoms with Gasteiger partial charge in [0.05, 0.1) is 19.3 Å². The zero-order valence-electron chi connectivity index (χ0n) is 18.4. The van der Waals surface area contributed by atoms with Gasteiger partial charge in [-0.25, -0.2) is 0 Å². The minimum Gasteiger partial charge on any atom is -0.493 e. The standard InChI is InChI=1S/C25H30N2O5/c1-31-22-11-10-19(15-23(22)32-21-8-5-9-21)26-12-13-27(24(28)16-25(29)30)20(17-26)14-18-6-3-2-4-7-18/h2-4,6-7,10-11,15,20-21H,5,8-9,12-14,16-17H2,1H3,(H,29,30)/t20-/m0/s1. The van der Waals surface area contributed by atoms with Gasteiger partial charge in [0.1, 0.15) is 6.42 Å². The summed E-state index contributed by atoms with van der Waals surface area (Å²) in [7, 11) is 1.64. The normalized spacial score (nSPS) is 18.7. The number of carboxylic acid groups (broad SMARTS) is 1. The van der Waals surface area contributed by atoms with Gasteiger partial charge >= 0.3 is 5.97 Å². The summed E-state index contributed by atoms with van der Waals surface area (Å²) in [5, 5.41) is 9.11. The summed E-state index contributed by atoms with van der Waals surface area (Å²) in [6, 6.07) is 15.8. The van der Waals surface area contributed by atoms with Crippen LogP contribution >= 0.6 is 0 Å². The van der Waals surface area contributed by atoms with Gasteiger partial charge in [-0.1, -0.05) is 30.3 Å². The van der Waals surface area contributed by atoms with Crippen molar-refractivity contribution < 1.29 is 24.2 Å². The SMILES string of the molecule is COc1ccc(N2CCN(C(=O)CC(=O)O)[C@@H](Cc3ccccc3)C2)cc1OC1CCC1. The maximum Gasteiger partial charge on any atom is 0.312 e. The average molecular weight is 439 g/mol. The summed E-state index contributed by atoms with van der Waals surface area (Å²) in [4.78, 5) is 27.7. The van der Waals surface area contributed by atoms with E-state index in [1.54, 1.807) is 12.0 Å². The van der Waals surface area contributed by atoms with Crippen molar-refractivity contribution >= 4 is 17.6 Å². The number of hydrogen-bond donors (Lipinski definition) is 1. The van der Waals surface area contributed by atoms with Crippen molar-refractivity contribution in [3.05, 3.63) is 54.1 Å². The number of anilines is 1. The third kappa shape index (κ3) is 5.15. The Hall–Kier alpha value is -3.22. The van der Waals surface area contributed by atoms with Crippen molar-refractivity contribution in [3.63, 3.8) is 0 Å². The number of piperazine rings is 1. The van der Waals surface area contributed by atoms with Crippen LogP contribution in [0.25, 0.3) is 0 Å². The van der Waals surface area contributed by atoms with E-state index in [9.17, 15) is 9.59 Å². The highest BCUT2D eigenvalue weighted by atomic mass is 16.5. The fourth-order valence-corrected chi connectivity index (χ4v) is 4.33. The van der Waals surface area contributed by atoms with E-state index in [1.807, 2.05) is 48.5 Å². The lowest BCUT2D eigenvalue weighted by molar-refractivity contribution is -0.145. The van der Waals surface area contributed by atoms with Crippen LogP contribution in [0.3, 0.4) is 0 Å². The number of methoxy groups -OCH3 is 1. The van der Waals surface area contributed by atoms with Crippen LogP contribution in [0, 0.1) is 0 Å². The van der Waals surface area contributed by atoms with Crippen LogP contribution in [0.15, 0.2) is 48.5 Å². The Morgan fingerprint density at radius 1 is 1.06 bits per heavy atom. The van der Waals surface area contributed by atoms with Crippen molar-refractivity contribution in [1.82, 2.24) is 4.90 Å². The summed E-state index contributed by atoms with van der Waals surface area (Å²) in [6.45, 7) is 1.73. The first-order valence-electron chi connectivity index (χ1n) is 11.2. The number of rotatable bonds is 8. The molecule has 1 saturated carbocycles. The average Bonchev–Trinajstić information content (AvgIpc) is 2.76. The third-order valence-electron chi connectivity index (χ3n) is 6.28. The van der Waals surface area contributed by atoms with Gasteiger partial charge in [-0.3, -0.25) is 9.59 Å². The summed E-state index contributed by atoms with van der Waals surface area (Å²) in [5.41, 5.74) is 2.14. The Kier molecular flexibility index (Phi) is 6.83. The third-order valence-corrected chi connectivity index (χ3v) is 6.28. The summed E-state index contributed by atoms with van der Waals surface area (Å²) in [5.74, 6) is 0.0427. The van der Waals surface area contributed by atoms with Gasteiger partial charge in [0.15, 0.2) is 11.5 Å². The minimum absolute atomic E-state index is 0.115. The first-order valence-corrected chi connectivity index (χ1v) is 11.2. The van der Waals surface area contributed by atoms with Gasteiger partial charge in [-0.05, 0) is 43.4 Å². The highest BCUT2D eigenvalue weighted by Crippen LogP contribution is 2.36. The molecule has 7 heteroatoms. The van der Waals surface area contributed by atoms with Crippen LogP contribution in [0.4, 0.5) is 5.69 Å². The molecule has 0 aromatic heterocycles. The molecule has 170 valence electrons. The Labute approximate surface area is 188 Å². The lowest BCUT2D eigenvalue weighted by Gasteiger charge is -2.42. The van der Waals surface area contributed by atoms with Gasteiger partial charge < -0.3 is 24.4 Å². The quantitative estimate of drug-likeness (QED) is 0.637. The molecule has 4 rings (SSSR count). The molecule has 1 saturated heterocycles. The molecule has 1 aliphatic carbocycles. The molecule has 0 bridgehead atoms. The molecule has 1 aliphatic heterocycles. The maximum absolute atomic E-state index is 12.6. The fraction of sp³-hybridized carbons (Fsp3) is 0.440. The Morgan fingerprint density at radius 2 is 1.84 bits per heavy atom. The molecule has 2 aliphatic rings. The lowest BCUT2D eigenvalue weighted by atomic mass is 9.96. The van der Waals surface area contributed by atoms with E-state index in [4.69, 9.17) is 14.6 Å². The Balaban J connectivity index is 1.54. The molecular formula is C25H30N2O5. The monoisotopic (exact) mass is 438 g/mol. The first-order chi connectivity index (χ1) is 15.5. The number of aliphatic carboxylic acids is 1. The van der Waals surface area contributed by atoms with Crippen LogP contribution in [-0.4, -0.2) is 60.8 Å². The second-order valence-electron chi connectivity index (χ2n) is 8.45. The van der Waals surface area contributed by atoms with Crippen molar-refractivity contribution in [3.8, 4) is 11.5 Å². The van der Waals surface area contributed by atoms with Crippen LogP contribution in [0.5, 0.6) is 11.5 Å². The van der Waals surface area contributed by atoms with E-state index in [0.29, 0.717) is 26.1 Å². The lowest BCUT2D eigenvalue weighted by Crippen LogP contribution is -2.56. The van der Waals surface area contributed by atoms with Gasteiger partial charge in [0.25, 0.3) is 0 Å². The van der Waals surface area contributed by atoms with Crippen molar-refractivity contribution in [2.75, 3.05) is 31.6 Å². The smallest absolute Gasteiger partial charge is 0.312 e. The van der Waals surface area contributed by atoms with Gasteiger partial charge in [-0.15, -0.1) is 0 Å². The van der Waals surface area contributed by atoms with Crippen molar-refractivity contribution in [2.24, 2.45) is 0 Å². The van der Waals surface area contributed by atoms with Crippen LogP contribution in [0.2, 0.25) is 0 Å². The molecule has 0 radical (unpaired) electrons. The minimum atomic E-state index is -1.09. The number of benzene rings is 2. The number of amides is 1. The molecule has 0 unspecified atom stereocenters. The molecule has 2 fully saturated rings. The second kappa shape index (κ2) is 9.94. The first kappa shape index (κ1) is 22.0. The molecule has 2 aromatic rings. The van der Waals surface area contributed by atoms with E-state index < -0.39 is 12.4 Å². The van der Waals surface area contributed by atoms with Crippen LogP contribution in [-0.2, 0) is 16.0 Å². The van der Waals surface area contributed by atoms with Gasteiger partial charge in [-0.2, -0.15) is 0 Å². The number of carboxylic acids is 1. The molecule has 32 heavy (non-hydrogen) atoms. The maximum atomic E-state index is 12.6. The van der Waals surface area contributed by atoms with E-state index in [1.165, 1.54) is 6.42 Å². The molecule has 1 amide bonds. The number of carbonyl (C=O) groups excluding carboxylic acids is 1. The number of nitrogens with zero attached hydrogens (tertiary/aromatic N) is 2. The van der Waals surface area contributed by atoms with E-state index in [2.05, 4.69) is 4.90 Å². The Bertz CT molecular complexity index is 945. The van der Waals surface area contributed by atoms with Crippen LogP contribution < -0.4 is 14.4 Å². The van der Waals surface area contributed by atoms with Crippen molar-refractivity contribution in [2.45, 2.75) is 44.2 Å². The van der Waals surface area contributed by atoms with E-state index >= 15 is 0 Å². The molecular weight excluding hydrogens is 408 g/mol. The zero-order valence-corrected chi connectivity index (χ0v) is 18.4. The molecule has 2 aromatic carbocycles. The predicted octanol–water partition coefficient (Wildman–Crippen LogP) is 3.36. The van der Waals surface area contributed by atoms with Crippen LogP contribution in [0.1, 0.15) is 31.2 Å². The highest BCUT2D eigenvalue weighted by molar-refractivity contribution is 5.93. The Morgan fingerprint density at radius 3 is 2.50 bits per heavy atom. The number of hydrogen-bond acceptors (Lipinski definition) is 5. The number of ether oxygens (including phenoxy) is 2. The topological polar surface area (TPSA) is 79.3 Å². The fourth-order valence-electron chi connectivity index (χ4n) is 4.33. The zero-order chi connectivity index (χ0) is 22.5. The second-order valence-corrected chi connectivity index (χ2v) is 8.45. The molecule has 7 nitrogen and oxygen atoms in total. The number of carbonyl (C=O) groups is 2. The highest BCUT2D eigenvalue weighted by Gasteiger charge is 2.32. The summed E-state index contributed by atoms with van der Waals surface area (Å²) < 4.78 is 11.6. The predicted molar refractivity (Wildman–Crippen MR) is 121 cm³/mol. The summed E-state index contributed by atoms with van der Waals surface area (Å²) in [6.07, 6.45) is 3.77. The van der Waals surface area contributed by atoms with Crippen molar-refractivity contribution in [1.29, 1.82) is 0 Å². The molecule has 1 heterocycles. The van der Waals surface area contributed by atoms with E-state index in [0.717, 1.165) is 35.6 Å². The summed E-state index contributed by atoms with van der Waals surface area (Å²) >= 11 is 0. The van der Waals surface area contributed by atoms with Gasteiger partial charge in [0, 0.05) is 31.4 Å². The molecule has 1 atom stereocenters. The van der Waals surface area contributed by atoms with E-state index in [-0.39, 0.29) is 18.1 Å². The van der Waals surface area contributed by atoms with Gasteiger partial charge in [0.2, 0.25) is 5.91 Å². The largest absolute Gasteiger partial charge is 0.493 e. The molecule has 0 spiro atoms. The molecule has 1 N–H and O–H groups in total.